The van der Waals surface area contributed by atoms with Crippen LogP contribution in [0.25, 0.3) is 49.3 Å². The van der Waals surface area contributed by atoms with E-state index < -0.39 is 0 Å². The quantitative estimate of drug-likeness (QED) is 0.219. The average molecular weight is 553 g/mol. The van der Waals surface area contributed by atoms with E-state index in [9.17, 15) is 0 Å². The first-order valence-electron chi connectivity index (χ1n) is 14.8. The fraction of sp³-hybridized carbons (Fsp3) is 0.0769. The van der Waals surface area contributed by atoms with E-state index in [1.807, 2.05) is 12.1 Å². The lowest BCUT2D eigenvalue weighted by molar-refractivity contribution is 0.630. The zero-order valence-electron chi connectivity index (χ0n) is 24.0. The van der Waals surface area contributed by atoms with E-state index >= 15 is 0 Å². The number of hydrogen-bond acceptors (Lipinski definition) is 3. The van der Waals surface area contributed by atoms with E-state index in [-0.39, 0.29) is 5.41 Å². The van der Waals surface area contributed by atoms with Crippen LogP contribution < -0.4 is 4.90 Å². The molecule has 4 heterocycles. The first-order valence-corrected chi connectivity index (χ1v) is 14.8. The van der Waals surface area contributed by atoms with Gasteiger partial charge in [-0.2, -0.15) is 0 Å². The number of para-hydroxylation sites is 4. The van der Waals surface area contributed by atoms with Crippen LogP contribution in [0, 0.1) is 0 Å². The van der Waals surface area contributed by atoms with Gasteiger partial charge in [0.15, 0.2) is 0 Å². The van der Waals surface area contributed by atoms with Gasteiger partial charge in [-0.15, -0.1) is 0 Å². The summed E-state index contributed by atoms with van der Waals surface area (Å²) >= 11 is 0. The molecule has 43 heavy (non-hydrogen) atoms. The summed E-state index contributed by atoms with van der Waals surface area (Å²) in [6.07, 6.45) is 0. The first kappa shape index (κ1) is 24.2. The largest absolute Gasteiger partial charge is 0.309 e. The maximum absolute atomic E-state index is 5.13. The molecule has 4 nitrogen and oxygen atoms in total. The molecule has 0 atom stereocenters. The Morgan fingerprint density at radius 2 is 1.19 bits per heavy atom. The number of benzene rings is 5. The Balaban J connectivity index is 1.33. The Morgan fingerprint density at radius 3 is 1.91 bits per heavy atom. The monoisotopic (exact) mass is 552 g/mol. The number of hydrogen-bond donors (Lipinski definition) is 0. The molecule has 0 N–H and O–H groups in total. The Labute approximate surface area is 249 Å². The lowest BCUT2D eigenvalue weighted by Gasteiger charge is -2.34. The van der Waals surface area contributed by atoms with Crippen molar-refractivity contribution in [2.24, 2.45) is 0 Å². The van der Waals surface area contributed by atoms with Crippen LogP contribution in [0.15, 0.2) is 133 Å². The zero-order valence-corrected chi connectivity index (χ0v) is 24.0. The summed E-state index contributed by atoms with van der Waals surface area (Å²) < 4.78 is 2.46. The van der Waals surface area contributed by atoms with Gasteiger partial charge in [-0.25, -0.2) is 9.97 Å². The fourth-order valence-corrected chi connectivity index (χ4v) is 7.03. The zero-order chi connectivity index (χ0) is 28.7. The minimum absolute atomic E-state index is 0.0978. The fourth-order valence-electron chi connectivity index (χ4n) is 7.03. The molecule has 1 aliphatic rings. The molecular weight excluding hydrogens is 524 g/mol. The molecule has 0 bridgehead atoms. The molecule has 8 aromatic rings. The molecule has 0 fully saturated rings. The van der Waals surface area contributed by atoms with Crippen LogP contribution >= 0.6 is 0 Å². The van der Waals surface area contributed by atoms with Gasteiger partial charge in [0.1, 0.15) is 11.6 Å². The van der Waals surface area contributed by atoms with E-state index in [1.165, 1.54) is 38.6 Å². The van der Waals surface area contributed by atoms with Crippen LogP contribution in [0.3, 0.4) is 0 Å². The van der Waals surface area contributed by atoms with Crippen molar-refractivity contribution in [2.45, 2.75) is 19.3 Å². The number of aromatic nitrogens is 3. The van der Waals surface area contributed by atoms with Gasteiger partial charge in [-0.3, -0.25) is 4.90 Å². The Kier molecular flexibility index (Phi) is 4.92. The minimum atomic E-state index is -0.0978. The highest BCUT2D eigenvalue weighted by atomic mass is 15.2. The molecule has 0 unspecified atom stereocenters. The van der Waals surface area contributed by atoms with Crippen molar-refractivity contribution in [3.05, 3.63) is 145 Å². The molecule has 0 saturated heterocycles. The van der Waals surface area contributed by atoms with E-state index in [1.54, 1.807) is 0 Å². The van der Waals surface area contributed by atoms with Crippen LogP contribution in [0.4, 0.5) is 17.3 Å². The van der Waals surface area contributed by atoms with E-state index in [4.69, 9.17) is 9.97 Å². The summed E-state index contributed by atoms with van der Waals surface area (Å²) in [4.78, 5) is 12.4. The molecule has 5 aromatic carbocycles. The van der Waals surface area contributed by atoms with Gasteiger partial charge >= 0.3 is 0 Å². The second kappa shape index (κ2) is 8.76. The van der Waals surface area contributed by atoms with E-state index in [0.717, 1.165) is 39.1 Å². The molecule has 0 aliphatic carbocycles. The van der Waals surface area contributed by atoms with Crippen molar-refractivity contribution in [2.75, 3.05) is 4.90 Å². The third kappa shape index (κ3) is 3.44. The van der Waals surface area contributed by atoms with Crippen LogP contribution in [-0.4, -0.2) is 14.5 Å². The summed E-state index contributed by atoms with van der Waals surface area (Å²) in [5.41, 5.74) is 9.28. The molecule has 0 saturated carbocycles. The minimum Gasteiger partial charge on any atom is -0.309 e. The van der Waals surface area contributed by atoms with Crippen molar-refractivity contribution in [1.29, 1.82) is 0 Å². The van der Waals surface area contributed by atoms with Crippen LogP contribution in [0.2, 0.25) is 0 Å². The summed E-state index contributed by atoms with van der Waals surface area (Å²) in [7, 11) is 0. The third-order valence-corrected chi connectivity index (χ3v) is 9.15. The molecule has 0 spiro atoms. The van der Waals surface area contributed by atoms with Gasteiger partial charge in [-0.1, -0.05) is 86.6 Å². The Bertz CT molecular complexity index is 2320. The highest BCUT2D eigenvalue weighted by Gasteiger charge is 2.34. The highest BCUT2D eigenvalue weighted by molar-refractivity contribution is 6.12. The first-order chi connectivity index (χ1) is 21.1. The van der Waals surface area contributed by atoms with Crippen molar-refractivity contribution >= 4 is 60.9 Å². The molecule has 0 radical (unpaired) electrons. The van der Waals surface area contributed by atoms with Gasteiger partial charge < -0.3 is 4.57 Å². The van der Waals surface area contributed by atoms with Crippen molar-refractivity contribution < 1.29 is 0 Å². The molecule has 9 rings (SSSR count). The lowest BCUT2D eigenvalue weighted by Crippen LogP contribution is -2.26. The standard InChI is InChI=1S/C39H28N4/c1-39(2)30-13-5-8-17-35(30)43-34-21-20-27(24-29(34)28-12-9-14-31(39)38(28)43)42(36-22-18-25-10-3-6-15-32(25)40-36)37-23-19-26-11-4-7-16-33(26)41-37/h3-24H,1-2H3. The summed E-state index contributed by atoms with van der Waals surface area (Å²) in [5, 5.41) is 4.70. The Morgan fingerprint density at radius 1 is 0.558 bits per heavy atom. The maximum atomic E-state index is 5.13. The molecule has 0 amide bonds. The maximum Gasteiger partial charge on any atom is 0.139 e. The predicted molar refractivity (Wildman–Crippen MR) is 178 cm³/mol. The molecule has 204 valence electrons. The number of pyridine rings is 2. The summed E-state index contributed by atoms with van der Waals surface area (Å²) in [5.74, 6) is 1.67. The summed E-state index contributed by atoms with van der Waals surface area (Å²) in [6.45, 7) is 4.68. The SMILES string of the molecule is CC1(C)c2ccccc2-n2c3ccc(N(c4ccc5ccccc5n4)c4ccc5ccccc5n4)cc3c3cccc1c32. The smallest absolute Gasteiger partial charge is 0.139 e. The van der Waals surface area contributed by atoms with Crippen molar-refractivity contribution in [3.8, 4) is 5.69 Å². The van der Waals surface area contributed by atoms with Crippen LogP contribution in [0.1, 0.15) is 25.0 Å². The molecular formula is C39H28N4. The van der Waals surface area contributed by atoms with E-state index in [0.29, 0.717) is 0 Å². The third-order valence-electron chi connectivity index (χ3n) is 9.15. The second-order valence-corrected chi connectivity index (χ2v) is 11.9. The normalized spacial score (nSPS) is 13.5. The van der Waals surface area contributed by atoms with Gasteiger partial charge in [-0.05, 0) is 71.8 Å². The molecule has 3 aromatic heterocycles. The molecule has 1 aliphatic heterocycles. The van der Waals surface area contributed by atoms with Crippen LogP contribution in [0.5, 0.6) is 0 Å². The van der Waals surface area contributed by atoms with E-state index in [2.05, 4.69) is 145 Å². The number of rotatable bonds is 3. The second-order valence-electron chi connectivity index (χ2n) is 11.9. The Hall–Kier alpha value is -5.48. The van der Waals surface area contributed by atoms with Crippen molar-refractivity contribution in [3.63, 3.8) is 0 Å². The van der Waals surface area contributed by atoms with Gasteiger partial charge in [0.2, 0.25) is 0 Å². The van der Waals surface area contributed by atoms with Crippen molar-refractivity contribution in [1.82, 2.24) is 14.5 Å². The topological polar surface area (TPSA) is 34.0 Å². The van der Waals surface area contributed by atoms with Gasteiger partial charge in [0.05, 0.1) is 27.8 Å². The van der Waals surface area contributed by atoms with Crippen LogP contribution in [-0.2, 0) is 5.41 Å². The number of anilines is 3. The summed E-state index contributed by atoms with van der Waals surface area (Å²) in [6, 6.07) is 47.4. The number of fused-ring (bicyclic) bond motifs is 7. The lowest BCUT2D eigenvalue weighted by atomic mass is 9.75. The highest BCUT2D eigenvalue weighted by Crippen LogP contribution is 2.48. The van der Waals surface area contributed by atoms with Gasteiger partial charge in [0, 0.05) is 32.6 Å². The van der Waals surface area contributed by atoms with Gasteiger partial charge in [0.25, 0.3) is 0 Å². The average Bonchev–Trinajstić information content (AvgIpc) is 3.38. The predicted octanol–water partition coefficient (Wildman–Crippen LogP) is 9.99. The number of nitrogens with zero attached hydrogens (tertiary/aromatic N) is 4. The molecule has 4 heteroatoms.